The summed E-state index contributed by atoms with van der Waals surface area (Å²) in [6, 6.07) is 8.56. The molecular weight excluding hydrogens is 553 g/mol. The molecule has 12 heteroatoms. The number of rotatable bonds is 11. The highest BCUT2D eigenvalue weighted by atomic mass is 35.5. The van der Waals surface area contributed by atoms with E-state index in [2.05, 4.69) is 5.32 Å². The largest absolute Gasteiger partial charge is 0.486 e. The number of benzene rings is 2. The summed E-state index contributed by atoms with van der Waals surface area (Å²) in [5.74, 6) is -0.281. The van der Waals surface area contributed by atoms with Gasteiger partial charge in [-0.05, 0) is 57.0 Å². The van der Waals surface area contributed by atoms with Gasteiger partial charge < -0.3 is 19.7 Å². The monoisotopic (exact) mass is 585 g/mol. The Morgan fingerprint density at radius 2 is 1.71 bits per heavy atom. The lowest BCUT2D eigenvalue weighted by molar-refractivity contribution is -0.139. The summed E-state index contributed by atoms with van der Waals surface area (Å²) in [4.78, 5) is 28.1. The van der Waals surface area contributed by atoms with Crippen molar-refractivity contribution in [3.05, 3.63) is 52.0 Å². The quantitative estimate of drug-likeness (QED) is 0.422. The molecule has 0 fully saturated rings. The third-order valence-electron chi connectivity index (χ3n) is 6.32. The molecule has 3 rings (SSSR count). The first-order valence-corrected chi connectivity index (χ1v) is 14.8. The van der Waals surface area contributed by atoms with Gasteiger partial charge in [0, 0.05) is 28.7 Å². The number of nitrogens with zero attached hydrogens (tertiary/aromatic N) is 2. The number of ether oxygens (including phenoxy) is 2. The average Bonchev–Trinajstić information content (AvgIpc) is 2.90. The maximum absolute atomic E-state index is 13.8. The summed E-state index contributed by atoms with van der Waals surface area (Å²) < 4.78 is 38.4. The van der Waals surface area contributed by atoms with Crippen LogP contribution in [0.3, 0.4) is 0 Å². The van der Waals surface area contributed by atoms with Crippen molar-refractivity contribution in [2.75, 3.05) is 29.8 Å². The van der Waals surface area contributed by atoms with Crippen LogP contribution in [-0.2, 0) is 26.2 Å². The van der Waals surface area contributed by atoms with Crippen molar-refractivity contribution in [2.24, 2.45) is 0 Å². The minimum Gasteiger partial charge on any atom is -0.486 e. The zero-order valence-corrected chi connectivity index (χ0v) is 24.2. The minimum atomic E-state index is -3.88. The fourth-order valence-electron chi connectivity index (χ4n) is 3.79. The van der Waals surface area contributed by atoms with E-state index in [4.69, 9.17) is 32.7 Å². The molecule has 0 aromatic heterocycles. The van der Waals surface area contributed by atoms with Crippen LogP contribution in [0.5, 0.6) is 11.5 Å². The molecule has 2 aromatic carbocycles. The van der Waals surface area contributed by atoms with Gasteiger partial charge in [0.2, 0.25) is 21.8 Å². The Balaban J connectivity index is 1.97. The van der Waals surface area contributed by atoms with E-state index < -0.39 is 28.5 Å². The Hall–Kier alpha value is -2.69. The van der Waals surface area contributed by atoms with Crippen molar-refractivity contribution in [1.82, 2.24) is 10.2 Å². The first-order valence-electron chi connectivity index (χ1n) is 12.4. The maximum atomic E-state index is 13.8. The average molecular weight is 587 g/mol. The standard InChI is InChI=1S/C26H33Cl2N3O6S/c1-5-17(3)29-26(33)18(4)30(15-19-7-8-20(27)13-22(19)28)25(32)16-31(38(34,35)6-2)21-9-10-23-24(14-21)37-12-11-36-23/h7-10,13-14,17-18H,5-6,11-12,15-16H2,1-4H3,(H,29,33)/t17-,18-/m1/s1. The molecule has 0 radical (unpaired) electrons. The highest BCUT2D eigenvalue weighted by Gasteiger charge is 2.32. The number of carbonyl (C=O) groups excluding carboxylic acids is 2. The molecule has 1 heterocycles. The third-order valence-corrected chi connectivity index (χ3v) is 8.65. The molecule has 0 spiro atoms. The predicted molar refractivity (Wildman–Crippen MR) is 149 cm³/mol. The molecule has 2 aromatic rings. The van der Waals surface area contributed by atoms with E-state index >= 15 is 0 Å². The van der Waals surface area contributed by atoms with Gasteiger partial charge in [-0.25, -0.2) is 8.42 Å². The normalized spacial score (nSPS) is 14.4. The van der Waals surface area contributed by atoms with Crippen molar-refractivity contribution in [3.8, 4) is 11.5 Å². The van der Waals surface area contributed by atoms with Crippen LogP contribution >= 0.6 is 23.2 Å². The van der Waals surface area contributed by atoms with E-state index in [9.17, 15) is 18.0 Å². The molecule has 9 nitrogen and oxygen atoms in total. The van der Waals surface area contributed by atoms with Crippen LogP contribution in [-0.4, -0.2) is 62.7 Å². The van der Waals surface area contributed by atoms with E-state index in [-0.39, 0.29) is 29.9 Å². The van der Waals surface area contributed by atoms with Gasteiger partial charge in [-0.1, -0.05) is 36.2 Å². The van der Waals surface area contributed by atoms with E-state index in [0.717, 1.165) is 4.31 Å². The summed E-state index contributed by atoms with van der Waals surface area (Å²) in [5.41, 5.74) is 0.822. The smallest absolute Gasteiger partial charge is 0.244 e. The van der Waals surface area contributed by atoms with Gasteiger partial charge in [-0.3, -0.25) is 13.9 Å². The molecular formula is C26H33Cl2N3O6S. The fourth-order valence-corrected chi connectivity index (χ4v) is 5.31. The highest BCUT2D eigenvalue weighted by Crippen LogP contribution is 2.35. The molecule has 0 bridgehead atoms. The summed E-state index contributed by atoms with van der Waals surface area (Å²) >= 11 is 12.4. The first-order chi connectivity index (χ1) is 18.0. The van der Waals surface area contributed by atoms with Gasteiger partial charge in [0.25, 0.3) is 0 Å². The zero-order valence-electron chi connectivity index (χ0n) is 21.9. The Kier molecular flexibility index (Phi) is 10.1. The maximum Gasteiger partial charge on any atom is 0.244 e. The number of halogens is 2. The Morgan fingerprint density at radius 1 is 1.03 bits per heavy atom. The second kappa shape index (κ2) is 12.9. The predicted octanol–water partition coefficient (Wildman–Crippen LogP) is 4.25. The van der Waals surface area contributed by atoms with Crippen LogP contribution in [0.15, 0.2) is 36.4 Å². The van der Waals surface area contributed by atoms with Crippen LogP contribution in [0.1, 0.15) is 39.7 Å². The lowest BCUT2D eigenvalue weighted by Crippen LogP contribution is -2.52. The zero-order chi connectivity index (χ0) is 28.0. The fraction of sp³-hybridized carbons (Fsp3) is 0.462. The van der Waals surface area contributed by atoms with Crippen LogP contribution < -0.4 is 19.1 Å². The second-order valence-electron chi connectivity index (χ2n) is 8.99. The van der Waals surface area contributed by atoms with Gasteiger partial charge in [0.05, 0.1) is 11.4 Å². The number of amides is 2. The van der Waals surface area contributed by atoms with Crippen LogP contribution in [0.4, 0.5) is 5.69 Å². The lowest BCUT2D eigenvalue weighted by atomic mass is 10.1. The Morgan fingerprint density at radius 3 is 2.34 bits per heavy atom. The van der Waals surface area contributed by atoms with Gasteiger partial charge in [0.15, 0.2) is 11.5 Å². The van der Waals surface area contributed by atoms with Gasteiger partial charge in [0.1, 0.15) is 25.8 Å². The summed E-state index contributed by atoms with van der Waals surface area (Å²) in [7, 11) is -3.88. The molecule has 1 aliphatic rings. The molecule has 208 valence electrons. The van der Waals surface area contributed by atoms with E-state index in [1.54, 1.807) is 37.3 Å². The summed E-state index contributed by atoms with van der Waals surface area (Å²) in [5, 5.41) is 3.64. The minimum absolute atomic E-state index is 0.0227. The van der Waals surface area contributed by atoms with Crippen molar-refractivity contribution in [3.63, 3.8) is 0 Å². The van der Waals surface area contributed by atoms with Gasteiger partial charge >= 0.3 is 0 Å². The number of fused-ring (bicyclic) bond motifs is 1. The van der Waals surface area contributed by atoms with E-state index in [0.29, 0.717) is 46.7 Å². The highest BCUT2D eigenvalue weighted by molar-refractivity contribution is 7.92. The summed E-state index contributed by atoms with van der Waals surface area (Å²) in [6.45, 7) is 7.07. The SMILES string of the molecule is CC[C@@H](C)NC(=O)[C@@H](C)N(Cc1ccc(Cl)cc1Cl)C(=O)CN(c1ccc2c(c1)OCCO2)S(=O)(=O)CC. The molecule has 0 aliphatic carbocycles. The number of hydrogen-bond donors (Lipinski definition) is 1. The topological polar surface area (TPSA) is 105 Å². The molecule has 1 aliphatic heterocycles. The lowest BCUT2D eigenvalue weighted by Gasteiger charge is -2.32. The van der Waals surface area contributed by atoms with Crippen LogP contribution in [0.2, 0.25) is 10.0 Å². The number of hydrogen-bond acceptors (Lipinski definition) is 6. The van der Waals surface area contributed by atoms with Crippen molar-refractivity contribution >= 4 is 50.7 Å². The van der Waals surface area contributed by atoms with Crippen LogP contribution in [0.25, 0.3) is 0 Å². The molecule has 2 atom stereocenters. The van der Waals surface area contributed by atoms with Gasteiger partial charge in [-0.2, -0.15) is 0 Å². The molecule has 0 saturated heterocycles. The Labute approximate surface area is 234 Å². The van der Waals surface area contributed by atoms with Crippen molar-refractivity contribution < 1.29 is 27.5 Å². The molecule has 38 heavy (non-hydrogen) atoms. The molecule has 2 amide bonds. The third kappa shape index (κ3) is 7.24. The second-order valence-corrected chi connectivity index (χ2v) is 12.0. The van der Waals surface area contributed by atoms with E-state index in [1.165, 1.54) is 17.9 Å². The van der Waals surface area contributed by atoms with Gasteiger partial charge in [-0.15, -0.1) is 0 Å². The number of carbonyl (C=O) groups is 2. The molecule has 0 unspecified atom stereocenters. The molecule has 1 N–H and O–H groups in total. The number of anilines is 1. The van der Waals surface area contributed by atoms with Crippen molar-refractivity contribution in [2.45, 2.75) is 52.7 Å². The molecule has 0 saturated carbocycles. The number of nitrogens with one attached hydrogen (secondary N) is 1. The first kappa shape index (κ1) is 29.9. The van der Waals surface area contributed by atoms with Crippen LogP contribution in [0, 0.1) is 0 Å². The number of sulfonamides is 1. The Bertz CT molecular complexity index is 1270. The van der Waals surface area contributed by atoms with E-state index in [1.807, 2.05) is 13.8 Å². The summed E-state index contributed by atoms with van der Waals surface area (Å²) in [6.07, 6.45) is 0.710. The van der Waals surface area contributed by atoms with Crippen molar-refractivity contribution in [1.29, 1.82) is 0 Å².